The summed E-state index contributed by atoms with van der Waals surface area (Å²) in [5.74, 6) is 1.00. The monoisotopic (exact) mass is 502 g/mol. The molecule has 3 aromatic rings. The number of pyridine rings is 2. The largest absolute Gasteiger partial charge is 0.439 e. The van der Waals surface area contributed by atoms with Gasteiger partial charge in [0.25, 0.3) is 0 Å². The van der Waals surface area contributed by atoms with Crippen molar-refractivity contribution in [3.8, 4) is 11.6 Å². The Morgan fingerprint density at radius 1 is 1.17 bits per heavy atom. The number of nitrogens with one attached hydrogen (secondary N) is 2. The zero-order valence-electron chi connectivity index (χ0n) is 19.7. The first kappa shape index (κ1) is 22.8. The lowest BCUT2D eigenvalue weighted by Gasteiger charge is -2.34. The summed E-state index contributed by atoms with van der Waals surface area (Å²) in [4.78, 5) is 37.3. The van der Waals surface area contributed by atoms with Crippen LogP contribution in [-0.2, 0) is 4.79 Å². The number of nitrogens with zero attached hydrogens (tertiary/aromatic N) is 3. The maximum absolute atomic E-state index is 13.4. The van der Waals surface area contributed by atoms with Crippen LogP contribution in [0.15, 0.2) is 59.8 Å². The van der Waals surface area contributed by atoms with Crippen LogP contribution in [-0.4, -0.2) is 39.2 Å². The Bertz CT molecular complexity index is 1340. The number of ether oxygens (including phenoxy) is 1. The van der Waals surface area contributed by atoms with Crippen molar-refractivity contribution < 1.29 is 14.3 Å². The molecule has 4 atom stereocenters. The Hall–Kier alpha value is -3.63. The summed E-state index contributed by atoms with van der Waals surface area (Å²) in [5.41, 5.74) is 8.98. The molecule has 2 aromatic heterocycles. The lowest BCUT2D eigenvalue weighted by atomic mass is 9.99. The minimum absolute atomic E-state index is 0.0304. The van der Waals surface area contributed by atoms with Gasteiger partial charge in [-0.05, 0) is 50.5 Å². The molecule has 10 heteroatoms. The van der Waals surface area contributed by atoms with E-state index < -0.39 is 11.3 Å². The molecule has 0 saturated heterocycles. The summed E-state index contributed by atoms with van der Waals surface area (Å²) in [6.07, 6.45) is 4.47. The molecule has 1 aliphatic carbocycles. The van der Waals surface area contributed by atoms with Crippen LogP contribution in [0.3, 0.4) is 0 Å². The van der Waals surface area contributed by atoms with Gasteiger partial charge in [-0.25, -0.2) is 14.8 Å². The van der Waals surface area contributed by atoms with E-state index in [0.717, 1.165) is 29.9 Å². The van der Waals surface area contributed by atoms with Gasteiger partial charge in [-0.1, -0.05) is 30.0 Å². The third-order valence-corrected chi connectivity index (χ3v) is 8.19. The number of aryl methyl sites for hydroxylation is 1. The van der Waals surface area contributed by atoms with Crippen LogP contribution in [0.5, 0.6) is 11.6 Å². The molecule has 0 radical (unpaired) electrons. The van der Waals surface area contributed by atoms with Crippen molar-refractivity contribution in [3.05, 3.63) is 66.0 Å². The molecule has 4 heterocycles. The van der Waals surface area contributed by atoms with Gasteiger partial charge < -0.3 is 21.1 Å². The number of para-hydroxylation sites is 1. The fourth-order valence-corrected chi connectivity index (χ4v) is 6.37. The number of hydrogen-bond acceptors (Lipinski definition) is 7. The van der Waals surface area contributed by atoms with E-state index >= 15 is 0 Å². The maximum Gasteiger partial charge on any atom is 0.327 e. The number of urea groups is 1. The van der Waals surface area contributed by atoms with Gasteiger partial charge >= 0.3 is 6.03 Å². The lowest BCUT2D eigenvalue weighted by Crippen LogP contribution is -2.52. The molecule has 0 bridgehead atoms. The number of carbonyl (C=O) groups excluding carboxylic acids is 2. The minimum Gasteiger partial charge on any atom is -0.439 e. The summed E-state index contributed by atoms with van der Waals surface area (Å²) in [6.45, 7) is 1.84. The molecule has 4 N–H and O–H groups in total. The van der Waals surface area contributed by atoms with Crippen molar-refractivity contribution in [3.63, 3.8) is 0 Å². The van der Waals surface area contributed by atoms with E-state index in [1.807, 2.05) is 49.4 Å². The second-order valence-corrected chi connectivity index (χ2v) is 10.4. The number of anilines is 2. The Morgan fingerprint density at radius 3 is 2.75 bits per heavy atom. The third kappa shape index (κ3) is 3.96. The highest BCUT2D eigenvalue weighted by molar-refractivity contribution is 8.01. The van der Waals surface area contributed by atoms with Crippen LogP contribution in [0.4, 0.5) is 16.2 Å². The number of amides is 3. The standard InChI is InChI=1S/C26H26N6O3S/c1-14-18(10-11-20(29-14)35-15-6-3-2-4-7-15)32-19-12-13-28-25-21(19)22(31-26(32)34)23(36-25)24(33)30-17-9-5-8-16(17)27/h2-4,6-7,10-13,16-17,22-23H,5,8-9,27H2,1H3,(H,30,33)(H,31,34)/t16-,17-,22?,23?/m1/s1. The summed E-state index contributed by atoms with van der Waals surface area (Å²) in [7, 11) is 0. The molecule has 184 valence electrons. The molecule has 1 fully saturated rings. The highest BCUT2D eigenvalue weighted by Crippen LogP contribution is 2.51. The van der Waals surface area contributed by atoms with Gasteiger partial charge in [-0.3, -0.25) is 9.69 Å². The molecule has 1 saturated carbocycles. The Balaban J connectivity index is 1.28. The van der Waals surface area contributed by atoms with Crippen LogP contribution in [0.1, 0.15) is 36.6 Å². The number of benzene rings is 1. The van der Waals surface area contributed by atoms with Crippen LogP contribution in [0.25, 0.3) is 0 Å². The van der Waals surface area contributed by atoms with Crippen LogP contribution in [0, 0.1) is 6.92 Å². The maximum atomic E-state index is 13.4. The van der Waals surface area contributed by atoms with E-state index in [1.165, 1.54) is 11.8 Å². The number of aromatic nitrogens is 2. The van der Waals surface area contributed by atoms with Crippen molar-refractivity contribution >= 4 is 35.1 Å². The van der Waals surface area contributed by atoms with Gasteiger partial charge in [0.2, 0.25) is 11.8 Å². The van der Waals surface area contributed by atoms with E-state index in [-0.39, 0.29) is 24.0 Å². The lowest BCUT2D eigenvalue weighted by molar-refractivity contribution is -0.121. The summed E-state index contributed by atoms with van der Waals surface area (Å²) in [5, 5.41) is 6.39. The van der Waals surface area contributed by atoms with Crippen LogP contribution >= 0.6 is 11.8 Å². The highest BCUT2D eigenvalue weighted by Gasteiger charge is 2.47. The highest BCUT2D eigenvalue weighted by atomic mass is 32.2. The quantitative estimate of drug-likeness (QED) is 0.483. The van der Waals surface area contributed by atoms with E-state index in [9.17, 15) is 9.59 Å². The van der Waals surface area contributed by atoms with E-state index in [2.05, 4.69) is 20.6 Å². The molecule has 3 aliphatic rings. The average Bonchev–Trinajstić information content (AvgIpc) is 3.45. The predicted octanol–water partition coefficient (Wildman–Crippen LogP) is 3.95. The van der Waals surface area contributed by atoms with Crippen molar-refractivity contribution in [2.75, 3.05) is 4.90 Å². The number of rotatable bonds is 5. The second-order valence-electron chi connectivity index (χ2n) is 9.23. The first-order valence-corrected chi connectivity index (χ1v) is 12.9. The molecule has 1 aromatic carbocycles. The van der Waals surface area contributed by atoms with Gasteiger partial charge in [0.05, 0.1) is 23.1 Å². The second kappa shape index (κ2) is 9.11. The minimum atomic E-state index is -0.506. The first-order valence-electron chi connectivity index (χ1n) is 12.0. The Morgan fingerprint density at radius 2 is 2.00 bits per heavy atom. The molecule has 2 unspecified atom stereocenters. The molecular formula is C26H26N6O3S. The Kier molecular flexibility index (Phi) is 5.77. The van der Waals surface area contributed by atoms with Crippen molar-refractivity contribution in [1.82, 2.24) is 20.6 Å². The number of carbonyl (C=O) groups is 2. The summed E-state index contributed by atoms with van der Waals surface area (Å²) >= 11 is 1.38. The van der Waals surface area contributed by atoms with Crippen molar-refractivity contribution in [2.45, 2.75) is 54.6 Å². The molecular weight excluding hydrogens is 476 g/mol. The van der Waals surface area contributed by atoms with E-state index in [4.69, 9.17) is 10.5 Å². The number of hydrogen-bond donors (Lipinski definition) is 3. The van der Waals surface area contributed by atoms with Crippen LogP contribution in [0.2, 0.25) is 0 Å². The summed E-state index contributed by atoms with van der Waals surface area (Å²) < 4.78 is 5.85. The van der Waals surface area contributed by atoms with Gasteiger partial charge in [0.15, 0.2) is 0 Å². The topological polar surface area (TPSA) is 122 Å². The molecule has 6 rings (SSSR count). The molecule has 2 aliphatic heterocycles. The van der Waals surface area contributed by atoms with Gasteiger partial charge in [-0.15, -0.1) is 0 Å². The van der Waals surface area contributed by atoms with Crippen LogP contribution < -0.4 is 26.0 Å². The van der Waals surface area contributed by atoms with Gasteiger partial charge in [0, 0.05) is 29.9 Å². The third-order valence-electron chi connectivity index (χ3n) is 6.90. The first-order chi connectivity index (χ1) is 17.5. The number of thioether (sulfide) groups is 1. The Labute approximate surface area is 212 Å². The van der Waals surface area contributed by atoms with Crippen molar-refractivity contribution in [1.29, 1.82) is 0 Å². The van der Waals surface area contributed by atoms with Crippen molar-refractivity contribution in [2.24, 2.45) is 5.73 Å². The van der Waals surface area contributed by atoms with E-state index in [1.54, 1.807) is 17.2 Å². The normalized spacial score (nSPS) is 24.3. The smallest absolute Gasteiger partial charge is 0.327 e. The van der Waals surface area contributed by atoms with E-state index in [0.29, 0.717) is 28.7 Å². The van der Waals surface area contributed by atoms with Gasteiger partial charge in [-0.2, -0.15) is 0 Å². The molecule has 3 amide bonds. The summed E-state index contributed by atoms with van der Waals surface area (Å²) in [6, 6.07) is 13.9. The average molecular weight is 503 g/mol. The SMILES string of the molecule is Cc1nc(Oc2ccccc2)ccc1N1C(=O)NC2c3c1ccnc3SC2C(=O)N[C@@H]1CCC[C@H]1N. The molecule has 0 spiro atoms. The zero-order valence-corrected chi connectivity index (χ0v) is 20.5. The fraction of sp³-hybridized carbons (Fsp3) is 0.308. The predicted molar refractivity (Wildman–Crippen MR) is 137 cm³/mol. The fourth-order valence-electron chi connectivity index (χ4n) is 5.13. The molecule has 36 heavy (non-hydrogen) atoms. The molecule has 9 nitrogen and oxygen atoms in total. The van der Waals surface area contributed by atoms with Gasteiger partial charge in [0.1, 0.15) is 16.0 Å². The zero-order chi connectivity index (χ0) is 24.8. The number of nitrogens with two attached hydrogens (primary N) is 1.